The molecule has 112 valence electrons. The van der Waals surface area contributed by atoms with E-state index < -0.39 is 0 Å². The van der Waals surface area contributed by atoms with E-state index in [9.17, 15) is 9.59 Å². The van der Waals surface area contributed by atoms with E-state index in [1.165, 1.54) is 4.57 Å². The second-order valence-corrected chi connectivity index (χ2v) is 5.04. The van der Waals surface area contributed by atoms with Crippen molar-refractivity contribution in [2.24, 2.45) is 0 Å². The number of amides is 1. The fourth-order valence-electron chi connectivity index (χ4n) is 2.13. The Labute approximate surface area is 123 Å². The molecule has 0 aliphatic carbocycles. The Morgan fingerprint density at radius 3 is 2.67 bits per heavy atom. The zero-order chi connectivity index (χ0) is 15.4. The Hall–Kier alpha value is -2.50. The molecule has 2 aromatic rings. The normalized spacial score (nSPS) is 10.6. The predicted molar refractivity (Wildman–Crippen MR) is 83.2 cm³/mol. The number of benzene rings is 1. The molecule has 1 amide bonds. The second kappa shape index (κ2) is 6.30. The number of carbonyl (C=O) groups excluding carboxylic acids is 1. The number of nitrogens with zero attached hydrogens (tertiary/aromatic N) is 2. The molecule has 6 nitrogen and oxygen atoms in total. The summed E-state index contributed by atoms with van der Waals surface area (Å²) in [6, 6.07) is 5.42. The van der Waals surface area contributed by atoms with Gasteiger partial charge in [-0.05, 0) is 31.0 Å². The minimum atomic E-state index is -0.276. The van der Waals surface area contributed by atoms with Crippen LogP contribution in [-0.4, -0.2) is 15.0 Å². The number of aryl methyl sites for hydroxylation is 2. The first kappa shape index (κ1) is 14.9. The minimum absolute atomic E-state index is 0.0249. The summed E-state index contributed by atoms with van der Waals surface area (Å²) >= 11 is 0. The van der Waals surface area contributed by atoms with Crippen molar-refractivity contribution in [3.63, 3.8) is 0 Å². The highest BCUT2D eigenvalue weighted by molar-refractivity contribution is 5.93. The van der Waals surface area contributed by atoms with E-state index in [0.29, 0.717) is 17.9 Å². The molecule has 0 radical (unpaired) electrons. The number of anilines is 2. The van der Waals surface area contributed by atoms with Crippen molar-refractivity contribution in [2.75, 3.05) is 11.1 Å². The van der Waals surface area contributed by atoms with Gasteiger partial charge < -0.3 is 11.1 Å². The van der Waals surface area contributed by atoms with Crippen molar-refractivity contribution in [2.45, 2.75) is 33.4 Å². The zero-order valence-corrected chi connectivity index (χ0v) is 12.3. The highest BCUT2D eigenvalue weighted by atomic mass is 16.2. The predicted octanol–water partition coefficient (Wildman–Crippen LogP) is 1.59. The van der Waals surface area contributed by atoms with Crippen LogP contribution in [0.5, 0.6) is 0 Å². The van der Waals surface area contributed by atoms with Crippen LogP contribution < -0.4 is 16.7 Å². The summed E-state index contributed by atoms with van der Waals surface area (Å²) < 4.78 is 2.98. The van der Waals surface area contributed by atoms with Crippen molar-refractivity contribution in [3.8, 4) is 0 Å². The monoisotopic (exact) mass is 288 g/mol. The van der Waals surface area contributed by atoms with Gasteiger partial charge in [0.2, 0.25) is 5.91 Å². The van der Waals surface area contributed by atoms with E-state index in [1.807, 2.05) is 19.9 Å². The Morgan fingerprint density at radius 2 is 2.00 bits per heavy atom. The van der Waals surface area contributed by atoms with Gasteiger partial charge in [0, 0.05) is 18.9 Å². The molecule has 1 aromatic carbocycles. The zero-order valence-electron chi connectivity index (χ0n) is 12.3. The van der Waals surface area contributed by atoms with Crippen molar-refractivity contribution >= 4 is 17.3 Å². The van der Waals surface area contributed by atoms with Crippen molar-refractivity contribution < 1.29 is 4.79 Å². The van der Waals surface area contributed by atoms with Gasteiger partial charge in [-0.25, -0.2) is 4.79 Å². The Bertz CT molecular complexity index is 700. The third kappa shape index (κ3) is 3.53. The highest BCUT2D eigenvalue weighted by Crippen LogP contribution is 2.19. The molecule has 0 bridgehead atoms. The SMILES string of the molecule is CCCn1ccn(CC(=O)Nc2ccc(C)cc2N)c1=O. The highest BCUT2D eigenvalue weighted by Gasteiger charge is 2.09. The Balaban J connectivity index is 2.06. The topological polar surface area (TPSA) is 82.1 Å². The Morgan fingerprint density at radius 1 is 1.29 bits per heavy atom. The maximum absolute atomic E-state index is 12.0. The fourth-order valence-corrected chi connectivity index (χ4v) is 2.13. The van der Waals surface area contributed by atoms with Crippen LogP contribution in [0.3, 0.4) is 0 Å². The van der Waals surface area contributed by atoms with E-state index in [1.54, 1.807) is 29.1 Å². The van der Waals surface area contributed by atoms with Crippen molar-refractivity contribution in [1.29, 1.82) is 0 Å². The lowest BCUT2D eigenvalue weighted by Gasteiger charge is -2.09. The van der Waals surface area contributed by atoms with Crippen LogP contribution in [-0.2, 0) is 17.9 Å². The number of nitrogen functional groups attached to an aromatic ring is 1. The molecule has 0 aliphatic heterocycles. The number of nitrogens with two attached hydrogens (primary N) is 1. The number of imidazole rings is 1. The van der Waals surface area contributed by atoms with Gasteiger partial charge in [-0.2, -0.15) is 0 Å². The lowest BCUT2D eigenvalue weighted by Crippen LogP contribution is -2.29. The van der Waals surface area contributed by atoms with Crippen molar-refractivity contribution in [3.05, 3.63) is 46.6 Å². The number of hydrogen-bond acceptors (Lipinski definition) is 3. The molecule has 0 fully saturated rings. The van der Waals surface area contributed by atoms with Crippen LogP contribution in [0.1, 0.15) is 18.9 Å². The largest absolute Gasteiger partial charge is 0.397 e. The molecule has 3 N–H and O–H groups in total. The number of aromatic nitrogens is 2. The maximum atomic E-state index is 12.0. The summed E-state index contributed by atoms with van der Waals surface area (Å²) in [5.74, 6) is -0.276. The van der Waals surface area contributed by atoms with Gasteiger partial charge >= 0.3 is 5.69 Å². The van der Waals surface area contributed by atoms with Gasteiger partial charge in [-0.3, -0.25) is 13.9 Å². The molecular weight excluding hydrogens is 268 g/mol. The molecule has 0 aliphatic rings. The molecule has 0 atom stereocenters. The van der Waals surface area contributed by atoms with E-state index in [2.05, 4.69) is 5.32 Å². The minimum Gasteiger partial charge on any atom is -0.397 e. The van der Waals surface area contributed by atoms with Crippen LogP contribution in [0.2, 0.25) is 0 Å². The standard InChI is InChI=1S/C15H20N4O2/c1-3-6-18-7-8-19(15(18)21)10-14(20)17-13-5-4-11(2)9-12(13)16/h4-5,7-9H,3,6,10,16H2,1-2H3,(H,17,20). The lowest BCUT2D eigenvalue weighted by molar-refractivity contribution is -0.116. The van der Waals surface area contributed by atoms with E-state index >= 15 is 0 Å². The van der Waals surface area contributed by atoms with Gasteiger partial charge in [0.1, 0.15) is 6.54 Å². The molecule has 0 saturated heterocycles. The van der Waals surface area contributed by atoms with Gasteiger partial charge in [-0.15, -0.1) is 0 Å². The smallest absolute Gasteiger partial charge is 0.328 e. The summed E-state index contributed by atoms with van der Waals surface area (Å²) in [5, 5.41) is 2.72. The number of nitrogens with one attached hydrogen (secondary N) is 1. The lowest BCUT2D eigenvalue weighted by atomic mass is 10.2. The number of carbonyl (C=O) groups is 1. The van der Waals surface area contributed by atoms with Crippen LogP contribution in [0, 0.1) is 6.92 Å². The van der Waals surface area contributed by atoms with Crippen LogP contribution in [0.15, 0.2) is 35.4 Å². The van der Waals surface area contributed by atoms with Crippen molar-refractivity contribution in [1.82, 2.24) is 9.13 Å². The summed E-state index contributed by atoms with van der Waals surface area (Å²) in [4.78, 5) is 24.0. The van der Waals surface area contributed by atoms with E-state index in [-0.39, 0.29) is 18.1 Å². The summed E-state index contributed by atoms with van der Waals surface area (Å²) in [7, 11) is 0. The number of rotatable bonds is 5. The molecule has 0 unspecified atom stereocenters. The average molecular weight is 288 g/mol. The molecular formula is C15H20N4O2. The third-order valence-electron chi connectivity index (χ3n) is 3.18. The first-order valence-electron chi connectivity index (χ1n) is 6.93. The third-order valence-corrected chi connectivity index (χ3v) is 3.18. The van der Waals surface area contributed by atoms with Gasteiger partial charge in [-0.1, -0.05) is 13.0 Å². The van der Waals surface area contributed by atoms with E-state index in [0.717, 1.165) is 12.0 Å². The fraction of sp³-hybridized carbons (Fsp3) is 0.333. The van der Waals surface area contributed by atoms with E-state index in [4.69, 9.17) is 5.73 Å². The van der Waals surface area contributed by atoms with Gasteiger partial charge in [0.25, 0.3) is 0 Å². The van der Waals surface area contributed by atoms with Crippen LogP contribution in [0.4, 0.5) is 11.4 Å². The molecule has 2 rings (SSSR count). The van der Waals surface area contributed by atoms with Crippen LogP contribution >= 0.6 is 0 Å². The maximum Gasteiger partial charge on any atom is 0.328 e. The van der Waals surface area contributed by atoms with Crippen LogP contribution in [0.25, 0.3) is 0 Å². The first-order valence-corrected chi connectivity index (χ1v) is 6.93. The summed E-state index contributed by atoms with van der Waals surface area (Å²) in [5.41, 5.74) is 7.77. The summed E-state index contributed by atoms with van der Waals surface area (Å²) in [6.07, 6.45) is 4.19. The molecule has 0 saturated carbocycles. The van der Waals surface area contributed by atoms with Gasteiger partial charge in [0.05, 0.1) is 11.4 Å². The first-order chi connectivity index (χ1) is 10.0. The molecule has 1 aromatic heterocycles. The molecule has 6 heteroatoms. The average Bonchev–Trinajstić information content (AvgIpc) is 2.75. The quantitative estimate of drug-likeness (QED) is 0.820. The Kier molecular flexibility index (Phi) is 4.47. The molecule has 1 heterocycles. The van der Waals surface area contributed by atoms with Gasteiger partial charge in [0.15, 0.2) is 0 Å². The molecule has 0 spiro atoms. The second-order valence-electron chi connectivity index (χ2n) is 5.04. The molecule has 21 heavy (non-hydrogen) atoms. The summed E-state index contributed by atoms with van der Waals surface area (Å²) in [6.45, 7) is 4.55. The number of hydrogen-bond donors (Lipinski definition) is 2.